The highest BCUT2D eigenvalue weighted by Gasteiger charge is 2.22. The molecule has 2 aromatic carbocycles. The van der Waals surface area contributed by atoms with Crippen molar-refractivity contribution in [2.75, 3.05) is 24.6 Å². The molecule has 1 aromatic heterocycles. The molecule has 0 saturated heterocycles. The number of anilines is 1. The minimum Gasteiger partial charge on any atom is -0.482 e. The molecule has 0 fully saturated rings. The summed E-state index contributed by atoms with van der Waals surface area (Å²) in [5.41, 5.74) is 3.49. The summed E-state index contributed by atoms with van der Waals surface area (Å²) >= 11 is 1.15. The van der Waals surface area contributed by atoms with Gasteiger partial charge in [-0.05, 0) is 78.6 Å². The zero-order valence-electron chi connectivity index (χ0n) is 18.7. The van der Waals surface area contributed by atoms with Crippen molar-refractivity contribution < 1.29 is 27.5 Å². The number of ketones is 1. The van der Waals surface area contributed by atoms with Crippen LogP contribution in [0.3, 0.4) is 0 Å². The van der Waals surface area contributed by atoms with E-state index in [0.29, 0.717) is 17.0 Å². The zero-order chi connectivity index (χ0) is 24.1. The highest BCUT2D eigenvalue weighted by atomic mass is 32.2. The molecule has 0 N–H and O–H groups in total. The number of benzene rings is 2. The van der Waals surface area contributed by atoms with Crippen LogP contribution in [0.25, 0.3) is 0 Å². The van der Waals surface area contributed by atoms with Crippen molar-refractivity contribution in [1.29, 1.82) is 0 Å². The topological polar surface area (TPSA) is 90.0 Å². The number of sulfonamides is 1. The third-order valence-electron chi connectivity index (χ3n) is 5.70. The van der Waals surface area contributed by atoms with E-state index >= 15 is 0 Å². The van der Waals surface area contributed by atoms with Gasteiger partial charge in [0.1, 0.15) is 9.96 Å². The summed E-state index contributed by atoms with van der Waals surface area (Å²) in [6.07, 6.45) is 4.31. The average Bonchev–Trinajstić information content (AvgIpc) is 3.41. The first-order valence-electron chi connectivity index (χ1n) is 10.9. The molecule has 0 spiro atoms. The number of aryl methyl sites for hydroxylation is 2. The third-order valence-corrected chi connectivity index (χ3v) is 8.86. The van der Waals surface area contributed by atoms with E-state index in [1.807, 2.05) is 12.1 Å². The predicted molar refractivity (Wildman–Crippen MR) is 130 cm³/mol. The number of thiophene rings is 1. The van der Waals surface area contributed by atoms with E-state index in [1.165, 1.54) is 28.9 Å². The van der Waals surface area contributed by atoms with Gasteiger partial charge < -0.3 is 9.47 Å². The first-order chi connectivity index (χ1) is 16.3. The van der Waals surface area contributed by atoms with Gasteiger partial charge >= 0.3 is 5.97 Å². The Bertz CT molecular complexity index is 1270. The van der Waals surface area contributed by atoms with E-state index in [-0.39, 0.29) is 23.2 Å². The van der Waals surface area contributed by atoms with Gasteiger partial charge in [-0.2, -0.15) is 0 Å². The van der Waals surface area contributed by atoms with Crippen molar-refractivity contribution in [2.24, 2.45) is 0 Å². The Balaban J connectivity index is 1.27. The molecule has 1 aliphatic carbocycles. The second-order valence-electron chi connectivity index (χ2n) is 7.96. The normalized spacial score (nSPS) is 13.1. The fourth-order valence-corrected chi connectivity index (χ4v) is 6.11. The van der Waals surface area contributed by atoms with Crippen LogP contribution < -0.4 is 9.04 Å². The molecule has 1 aliphatic rings. The van der Waals surface area contributed by atoms with E-state index in [2.05, 4.69) is 0 Å². The molecule has 0 radical (unpaired) electrons. The number of esters is 1. The largest absolute Gasteiger partial charge is 0.482 e. The van der Waals surface area contributed by atoms with Crippen molar-refractivity contribution in [3.05, 3.63) is 76.7 Å². The van der Waals surface area contributed by atoms with Crippen molar-refractivity contribution in [2.45, 2.75) is 29.9 Å². The van der Waals surface area contributed by atoms with Gasteiger partial charge in [0.25, 0.3) is 10.0 Å². The van der Waals surface area contributed by atoms with Gasteiger partial charge in [0, 0.05) is 12.6 Å². The van der Waals surface area contributed by atoms with Crippen LogP contribution in [0, 0.1) is 0 Å². The van der Waals surface area contributed by atoms with Crippen LogP contribution in [0.4, 0.5) is 5.69 Å². The fraction of sp³-hybridized carbons (Fsp3) is 0.280. The molecule has 0 saturated carbocycles. The van der Waals surface area contributed by atoms with Gasteiger partial charge in [-0.1, -0.05) is 18.2 Å². The number of hydrogen-bond acceptors (Lipinski definition) is 7. The number of nitrogens with zero attached hydrogens (tertiary/aromatic N) is 1. The second-order valence-corrected chi connectivity index (χ2v) is 11.1. The summed E-state index contributed by atoms with van der Waals surface area (Å²) in [7, 11) is -2.15. The monoisotopic (exact) mass is 499 g/mol. The number of carbonyl (C=O) groups excluding carboxylic acids is 2. The first-order valence-corrected chi connectivity index (χ1v) is 13.2. The van der Waals surface area contributed by atoms with Crippen LogP contribution in [0.1, 0.15) is 34.3 Å². The molecule has 0 bridgehead atoms. The standard InChI is InChI=1S/C25H25NO6S2/c1-26(34(29,30)25-7-4-14-33-25)21-10-12-22(13-11-21)31-17-24(28)32-16-23(27)20-9-8-18-5-2-3-6-19(18)15-20/h4,7-15H,2-3,5-6,16-17H2,1H3. The third kappa shape index (κ3) is 5.48. The smallest absolute Gasteiger partial charge is 0.344 e. The lowest BCUT2D eigenvalue weighted by atomic mass is 9.90. The molecule has 178 valence electrons. The molecule has 3 aromatic rings. The van der Waals surface area contributed by atoms with Gasteiger partial charge in [0.05, 0.1) is 5.69 Å². The lowest BCUT2D eigenvalue weighted by Gasteiger charge is -2.18. The molecule has 0 unspecified atom stereocenters. The van der Waals surface area contributed by atoms with Gasteiger partial charge in [-0.15, -0.1) is 11.3 Å². The SMILES string of the molecule is CN(c1ccc(OCC(=O)OCC(=O)c2ccc3c(c2)CCCC3)cc1)S(=O)(=O)c1cccs1. The van der Waals surface area contributed by atoms with Crippen LogP contribution >= 0.6 is 11.3 Å². The van der Waals surface area contributed by atoms with E-state index in [4.69, 9.17) is 9.47 Å². The number of fused-ring (bicyclic) bond motifs is 1. The quantitative estimate of drug-likeness (QED) is 0.323. The number of ether oxygens (including phenoxy) is 2. The Hall–Kier alpha value is -3.17. The van der Waals surface area contributed by atoms with Gasteiger partial charge in [0.2, 0.25) is 0 Å². The van der Waals surface area contributed by atoms with Crippen LogP contribution in [0.5, 0.6) is 5.75 Å². The number of Topliss-reactive ketones (excluding diaryl/α,β-unsaturated/α-hetero) is 1. The van der Waals surface area contributed by atoms with E-state index in [1.54, 1.807) is 47.8 Å². The first kappa shape index (κ1) is 24.0. The van der Waals surface area contributed by atoms with E-state index in [9.17, 15) is 18.0 Å². The van der Waals surface area contributed by atoms with Gasteiger partial charge in [0.15, 0.2) is 19.0 Å². The molecule has 7 nitrogen and oxygen atoms in total. The molecule has 1 heterocycles. The van der Waals surface area contributed by atoms with Gasteiger partial charge in [-0.25, -0.2) is 13.2 Å². The summed E-state index contributed by atoms with van der Waals surface area (Å²) in [6, 6.07) is 15.2. The van der Waals surface area contributed by atoms with Crippen molar-refractivity contribution in [1.82, 2.24) is 0 Å². The molecule has 9 heteroatoms. The van der Waals surface area contributed by atoms with Gasteiger partial charge in [-0.3, -0.25) is 9.10 Å². The molecular weight excluding hydrogens is 474 g/mol. The van der Waals surface area contributed by atoms with Crippen LogP contribution in [-0.4, -0.2) is 40.4 Å². The predicted octanol–water partition coefficient (Wildman–Crippen LogP) is 4.26. The van der Waals surface area contributed by atoms with E-state index in [0.717, 1.165) is 30.6 Å². The Labute approximate surface area is 203 Å². The Morgan fingerprint density at radius 2 is 1.71 bits per heavy atom. The van der Waals surface area contributed by atoms with Crippen LogP contribution in [-0.2, 0) is 32.4 Å². The number of carbonyl (C=O) groups is 2. The summed E-state index contributed by atoms with van der Waals surface area (Å²) in [5.74, 6) is -0.530. The number of hydrogen-bond donors (Lipinski definition) is 0. The lowest BCUT2D eigenvalue weighted by Crippen LogP contribution is -2.25. The van der Waals surface area contributed by atoms with Crippen molar-refractivity contribution >= 4 is 38.8 Å². The number of rotatable bonds is 9. The molecular formula is C25H25NO6S2. The Morgan fingerprint density at radius 3 is 2.41 bits per heavy atom. The molecule has 0 aliphatic heterocycles. The van der Waals surface area contributed by atoms with E-state index < -0.39 is 16.0 Å². The summed E-state index contributed by atoms with van der Waals surface area (Å²) in [4.78, 5) is 24.4. The minimum absolute atomic E-state index is 0.249. The van der Waals surface area contributed by atoms with Crippen molar-refractivity contribution in [3.63, 3.8) is 0 Å². The molecule has 4 rings (SSSR count). The average molecular weight is 500 g/mol. The minimum atomic E-state index is -3.63. The lowest BCUT2D eigenvalue weighted by molar-refractivity contribution is -0.144. The van der Waals surface area contributed by atoms with Crippen molar-refractivity contribution in [3.8, 4) is 5.75 Å². The maximum absolute atomic E-state index is 12.6. The summed E-state index contributed by atoms with van der Waals surface area (Å²) < 4.78 is 37.1. The summed E-state index contributed by atoms with van der Waals surface area (Å²) in [6.45, 7) is -0.703. The molecule has 0 atom stereocenters. The summed E-state index contributed by atoms with van der Waals surface area (Å²) in [5, 5.41) is 1.71. The fourth-order valence-electron chi connectivity index (χ4n) is 3.76. The highest BCUT2D eigenvalue weighted by molar-refractivity contribution is 7.94. The molecule has 0 amide bonds. The van der Waals surface area contributed by atoms with Crippen LogP contribution in [0.2, 0.25) is 0 Å². The molecule has 34 heavy (non-hydrogen) atoms. The second kappa shape index (κ2) is 10.4. The highest BCUT2D eigenvalue weighted by Crippen LogP contribution is 2.26. The maximum Gasteiger partial charge on any atom is 0.344 e. The van der Waals surface area contributed by atoms with Crippen LogP contribution in [0.15, 0.2) is 64.2 Å². The Kier molecular flexibility index (Phi) is 7.33. The zero-order valence-corrected chi connectivity index (χ0v) is 20.4. The maximum atomic E-state index is 12.6. The Morgan fingerprint density at radius 1 is 0.971 bits per heavy atom.